The second-order valence-corrected chi connectivity index (χ2v) is 4.12. The highest BCUT2D eigenvalue weighted by molar-refractivity contribution is 5.80. The number of carbonyl (C=O) groups is 1. The van der Waals surface area contributed by atoms with Gasteiger partial charge in [0.15, 0.2) is 0 Å². The third-order valence-electron chi connectivity index (χ3n) is 3.16. The van der Waals surface area contributed by atoms with Gasteiger partial charge in [-0.2, -0.15) is 0 Å². The van der Waals surface area contributed by atoms with Gasteiger partial charge in [0.2, 0.25) is 0 Å². The van der Waals surface area contributed by atoms with E-state index >= 15 is 0 Å². The Morgan fingerprint density at radius 3 is 2.93 bits per heavy atom. The molecule has 14 heavy (non-hydrogen) atoms. The Hall–Kier alpha value is -1.12. The molecule has 3 heteroatoms. The normalized spacial score (nSPS) is 22.7. The van der Waals surface area contributed by atoms with Gasteiger partial charge in [0.25, 0.3) is 0 Å². The Kier molecular flexibility index (Phi) is 2.40. The van der Waals surface area contributed by atoms with Crippen molar-refractivity contribution in [3.63, 3.8) is 0 Å². The highest BCUT2D eigenvalue weighted by atomic mass is 16.1. The number of carbonyl (C=O) groups excluding carboxylic acids is 1. The molecule has 76 valence electrons. The van der Waals surface area contributed by atoms with E-state index in [0.717, 1.165) is 25.1 Å². The number of Topliss-reactive ketones (excluding diaryl/α,β-unsaturated/α-hetero) is 1. The van der Waals surface area contributed by atoms with Crippen LogP contribution in [-0.4, -0.2) is 15.3 Å². The molecule has 1 unspecified atom stereocenters. The van der Waals surface area contributed by atoms with Crippen LogP contribution in [0.4, 0.5) is 0 Å². The summed E-state index contributed by atoms with van der Waals surface area (Å²) in [4.78, 5) is 15.6. The minimum Gasteiger partial charge on any atom is -0.335 e. The zero-order chi connectivity index (χ0) is 10.1. The Labute approximate surface area is 84.1 Å². The second-order valence-electron chi connectivity index (χ2n) is 4.12. The highest BCUT2D eigenvalue weighted by Gasteiger charge is 2.23. The molecular weight excluding hydrogens is 176 g/mol. The van der Waals surface area contributed by atoms with Crippen LogP contribution >= 0.6 is 0 Å². The van der Waals surface area contributed by atoms with Crippen molar-refractivity contribution in [3.05, 3.63) is 17.7 Å². The van der Waals surface area contributed by atoms with Crippen molar-refractivity contribution in [2.75, 3.05) is 0 Å². The Bertz CT molecular complexity index is 354. The molecule has 2 rings (SSSR count). The number of ketones is 1. The van der Waals surface area contributed by atoms with Crippen LogP contribution < -0.4 is 0 Å². The fraction of sp³-hybridized carbons (Fsp3) is 0.636. The topological polar surface area (TPSA) is 34.9 Å². The van der Waals surface area contributed by atoms with Crippen LogP contribution in [0.25, 0.3) is 0 Å². The van der Waals surface area contributed by atoms with E-state index in [1.165, 1.54) is 5.69 Å². The molecule has 1 aliphatic rings. The second kappa shape index (κ2) is 3.56. The van der Waals surface area contributed by atoms with E-state index in [9.17, 15) is 4.79 Å². The maximum atomic E-state index is 11.3. The monoisotopic (exact) mass is 192 g/mol. The molecule has 1 aromatic rings. The first-order valence-corrected chi connectivity index (χ1v) is 5.18. The molecule has 1 saturated carbocycles. The molecule has 0 aromatic carbocycles. The first-order valence-electron chi connectivity index (χ1n) is 5.18. The predicted octanol–water partition coefficient (Wildman–Crippen LogP) is 1.96. The zero-order valence-corrected chi connectivity index (χ0v) is 8.79. The number of aromatic nitrogens is 2. The first kappa shape index (κ1) is 9.44. The van der Waals surface area contributed by atoms with Crippen LogP contribution in [0.1, 0.15) is 43.1 Å². The van der Waals surface area contributed by atoms with E-state index in [1.807, 2.05) is 20.2 Å². The summed E-state index contributed by atoms with van der Waals surface area (Å²) < 4.78 is 2.10. The fourth-order valence-electron chi connectivity index (χ4n) is 2.18. The van der Waals surface area contributed by atoms with Gasteiger partial charge in [-0.15, -0.1) is 0 Å². The van der Waals surface area contributed by atoms with E-state index in [0.29, 0.717) is 18.1 Å². The number of hydrogen-bond acceptors (Lipinski definition) is 2. The van der Waals surface area contributed by atoms with Crippen LogP contribution in [0.2, 0.25) is 0 Å². The molecule has 1 fully saturated rings. The molecule has 0 spiro atoms. The number of aryl methyl sites for hydroxylation is 1. The summed E-state index contributed by atoms with van der Waals surface area (Å²) in [5.74, 6) is 1.83. The lowest BCUT2D eigenvalue weighted by molar-refractivity contribution is -0.120. The van der Waals surface area contributed by atoms with Crippen molar-refractivity contribution in [1.29, 1.82) is 0 Å². The Balaban J connectivity index is 2.22. The van der Waals surface area contributed by atoms with Gasteiger partial charge in [-0.05, 0) is 19.8 Å². The van der Waals surface area contributed by atoms with Crippen LogP contribution in [0, 0.1) is 6.92 Å². The van der Waals surface area contributed by atoms with Crippen LogP contribution in [0.15, 0.2) is 6.20 Å². The van der Waals surface area contributed by atoms with Gasteiger partial charge in [-0.3, -0.25) is 4.79 Å². The summed E-state index contributed by atoms with van der Waals surface area (Å²) in [6.45, 7) is 1.99. The molecule has 0 bridgehead atoms. The lowest BCUT2D eigenvalue weighted by Gasteiger charge is -2.21. The van der Waals surface area contributed by atoms with Gasteiger partial charge in [-0.25, -0.2) is 4.98 Å². The van der Waals surface area contributed by atoms with Crippen LogP contribution in [0.5, 0.6) is 0 Å². The molecule has 0 saturated heterocycles. The molecule has 0 radical (unpaired) electrons. The molecule has 1 aliphatic carbocycles. The van der Waals surface area contributed by atoms with Crippen LogP contribution in [-0.2, 0) is 11.8 Å². The van der Waals surface area contributed by atoms with Crippen molar-refractivity contribution < 1.29 is 4.79 Å². The fourth-order valence-corrected chi connectivity index (χ4v) is 2.18. The first-order chi connectivity index (χ1) is 6.68. The van der Waals surface area contributed by atoms with E-state index in [-0.39, 0.29) is 0 Å². The molecule has 1 heterocycles. The smallest absolute Gasteiger partial charge is 0.133 e. The summed E-state index contributed by atoms with van der Waals surface area (Å²) in [5, 5.41) is 0. The average molecular weight is 192 g/mol. The lowest BCUT2D eigenvalue weighted by atomic mass is 9.86. The van der Waals surface area contributed by atoms with Crippen molar-refractivity contribution >= 4 is 5.78 Å². The minimum atomic E-state index is 0.403. The average Bonchev–Trinajstić information content (AvgIpc) is 2.48. The Morgan fingerprint density at radius 1 is 1.57 bits per heavy atom. The maximum absolute atomic E-state index is 11.3. The summed E-state index contributed by atoms with van der Waals surface area (Å²) in [6.07, 6.45) is 5.56. The maximum Gasteiger partial charge on any atom is 0.133 e. The number of imidazole rings is 1. The van der Waals surface area contributed by atoms with E-state index < -0.39 is 0 Å². The summed E-state index contributed by atoms with van der Waals surface area (Å²) in [5.41, 5.74) is 1.22. The SMILES string of the molecule is Cc1ncc(C2CCCC(=O)C2)n1C. The van der Waals surface area contributed by atoms with Gasteiger partial charge in [-0.1, -0.05) is 0 Å². The number of hydrogen-bond donors (Lipinski definition) is 0. The van der Waals surface area contributed by atoms with E-state index in [2.05, 4.69) is 9.55 Å². The molecule has 1 atom stereocenters. The van der Waals surface area contributed by atoms with E-state index in [1.54, 1.807) is 0 Å². The molecule has 1 aromatic heterocycles. The van der Waals surface area contributed by atoms with Gasteiger partial charge < -0.3 is 4.57 Å². The number of rotatable bonds is 1. The molecule has 0 amide bonds. The van der Waals surface area contributed by atoms with Crippen molar-refractivity contribution in [1.82, 2.24) is 9.55 Å². The highest BCUT2D eigenvalue weighted by Crippen LogP contribution is 2.30. The lowest BCUT2D eigenvalue weighted by Crippen LogP contribution is -2.15. The Morgan fingerprint density at radius 2 is 2.36 bits per heavy atom. The third kappa shape index (κ3) is 1.59. The minimum absolute atomic E-state index is 0.403. The van der Waals surface area contributed by atoms with Crippen LogP contribution in [0.3, 0.4) is 0 Å². The van der Waals surface area contributed by atoms with Gasteiger partial charge >= 0.3 is 0 Å². The predicted molar refractivity (Wildman–Crippen MR) is 54.2 cm³/mol. The quantitative estimate of drug-likeness (QED) is 0.681. The molecule has 3 nitrogen and oxygen atoms in total. The molecule has 0 aliphatic heterocycles. The zero-order valence-electron chi connectivity index (χ0n) is 8.79. The van der Waals surface area contributed by atoms with Crippen molar-refractivity contribution in [2.24, 2.45) is 7.05 Å². The summed E-state index contributed by atoms with van der Waals surface area (Å²) >= 11 is 0. The van der Waals surface area contributed by atoms with Gasteiger partial charge in [0.1, 0.15) is 11.6 Å². The largest absolute Gasteiger partial charge is 0.335 e. The standard InChI is InChI=1S/C11H16N2O/c1-8-12-7-11(13(8)2)9-4-3-5-10(14)6-9/h7,9H,3-6H2,1-2H3. The van der Waals surface area contributed by atoms with Crippen molar-refractivity contribution in [2.45, 2.75) is 38.5 Å². The van der Waals surface area contributed by atoms with Gasteiger partial charge in [0, 0.05) is 37.7 Å². The number of nitrogens with zero attached hydrogens (tertiary/aromatic N) is 2. The third-order valence-corrected chi connectivity index (χ3v) is 3.16. The molecule has 0 N–H and O–H groups in total. The summed E-state index contributed by atoms with van der Waals surface area (Å²) in [6, 6.07) is 0. The van der Waals surface area contributed by atoms with E-state index in [4.69, 9.17) is 0 Å². The summed E-state index contributed by atoms with van der Waals surface area (Å²) in [7, 11) is 2.02. The van der Waals surface area contributed by atoms with Gasteiger partial charge in [0.05, 0.1) is 0 Å². The molecular formula is C11H16N2O. The van der Waals surface area contributed by atoms with Crippen molar-refractivity contribution in [3.8, 4) is 0 Å².